The van der Waals surface area contributed by atoms with E-state index in [2.05, 4.69) is 48.5 Å². The van der Waals surface area contributed by atoms with E-state index < -0.39 is 30.2 Å². The van der Waals surface area contributed by atoms with Crippen LogP contribution in [0.3, 0.4) is 0 Å². The molecule has 5 heteroatoms. The van der Waals surface area contributed by atoms with Gasteiger partial charge >= 0.3 is 0 Å². The van der Waals surface area contributed by atoms with Crippen LogP contribution in [0, 0.1) is 0 Å². The summed E-state index contributed by atoms with van der Waals surface area (Å²) >= 11 is 0. The van der Waals surface area contributed by atoms with E-state index in [0.717, 1.165) is 27.8 Å². The molecule has 224 valence electrons. The SMILES string of the molecule is COC1O[C@@H](COC(c2ccccc2)(c2ccccc2)c2ccccc2)[C@@H](OCc2ccccc2)[C@@H]1OCc1ccccc1. The fourth-order valence-corrected chi connectivity index (χ4v) is 5.90. The molecule has 0 radical (unpaired) electrons. The van der Waals surface area contributed by atoms with Gasteiger partial charge in [0.05, 0.1) is 19.8 Å². The van der Waals surface area contributed by atoms with Gasteiger partial charge in [-0.05, 0) is 27.8 Å². The molecule has 5 aromatic rings. The van der Waals surface area contributed by atoms with E-state index >= 15 is 0 Å². The van der Waals surface area contributed by atoms with Gasteiger partial charge in [0.2, 0.25) is 0 Å². The number of methoxy groups -OCH3 is 1. The van der Waals surface area contributed by atoms with Gasteiger partial charge in [0.25, 0.3) is 0 Å². The maximum Gasteiger partial charge on any atom is 0.186 e. The summed E-state index contributed by atoms with van der Waals surface area (Å²) in [5, 5.41) is 0. The van der Waals surface area contributed by atoms with Crippen molar-refractivity contribution in [1.82, 2.24) is 0 Å². The average Bonchev–Trinajstić information content (AvgIpc) is 3.45. The molecular weight excluding hydrogens is 548 g/mol. The molecule has 0 N–H and O–H groups in total. The molecule has 0 spiro atoms. The molecule has 6 rings (SSSR count). The van der Waals surface area contributed by atoms with Crippen molar-refractivity contribution in [2.45, 2.75) is 43.4 Å². The molecule has 1 saturated heterocycles. The quantitative estimate of drug-likeness (QED) is 0.133. The molecule has 0 amide bonds. The highest BCUT2D eigenvalue weighted by molar-refractivity contribution is 5.47. The first-order valence-electron chi connectivity index (χ1n) is 15.1. The smallest absolute Gasteiger partial charge is 0.186 e. The first-order chi connectivity index (χ1) is 21.8. The summed E-state index contributed by atoms with van der Waals surface area (Å²) in [6, 6.07) is 51.3. The summed E-state index contributed by atoms with van der Waals surface area (Å²) in [6.45, 7) is 1.06. The van der Waals surface area contributed by atoms with Crippen molar-refractivity contribution < 1.29 is 23.7 Å². The number of hydrogen-bond donors (Lipinski definition) is 0. The van der Waals surface area contributed by atoms with E-state index in [4.69, 9.17) is 23.7 Å². The highest BCUT2D eigenvalue weighted by atomic mass is 16.7. The second-order valence-electron chi connectivity index (χ2n) is 10.9. The second-order valence-corrected chi connectivity index (χ2v) is 10.9. The zero-order chi connectivity index (χ0) is 30.0. The molecule has 1 fully saturated rings. The van der Waals surface area contributed by atoms with Crippen LogP contribution in [0.1, 0.15) is 27.8 Å². The number of ether oxygens (including phenoxy) is 5. The Morgan fingerprint density at radius 1 is 0.523 bits per heavy atom. The zero-order valence-corrected chi connectivity index (χ0v) is 24.9. The number of hydrogen-bond acceptors (Lipinski definition) is 5. The lowest BCUT2D eigenvalue weighted by atomic mass is 9.80. The van der Waals surface area contributed by atoms with E-state index in [1.54, 1.807) is 7.11 Å². The normalized spacial score (nSPS) is 20.0. The third kappa shape index (κ3) is 6.68. The Labute approximate surface area is 260 Å². The fourth-order valence-electron chi connectivity index (χ4n) is 5.90. The second kappa shape index (κ2) is 14.6. The van der Waals surface area contributed by atoms with Crippen LogP contribution in [0.5, 0.6) is 0 Å². The minimum Gasteiger partial charge on any atom is -0.368 e. The fraction of sp³-hybridized carbons (Fsp3) is 0.231. The van der Waals surface area contributed by atoms with Crippen LogP contribution >= 0.6 is 0 Å². The molecular formula is C39H38O5. The van der Waals surface area contributed by atoms with E-state index in [0.29, 0.717) is 13.2 Å². The van der Waals surface area contributed by atoms with Crippen LogP contribution < -0.4 is 0 Å². The van der Waals surface area contributed by atoms with Gasteiger partial charge in [-0.3, -0.25) is 0 Å². The van der Waals surface area contributed by atoms with E-state index in [9.17, 15) is 0 Å². The Bertz CT molecular complexity index is 1430. The summed E-state index contributed by atoms with van der Waals surface area (Å²) in [6.07, 6.45) is -1.98. The Morgan fingerprint density at radius 2 is 0.909 bits per heavy atom. The Morgan fingerprint density at radius 3 is 1.32 bits per heavy atom. The highest BCUT2D eigenvalue weighted by Crippen LogP contribution is 2.41. The number of benzene rings is 5. The van der Waals surface area contributed by atoms with Gasteiger partial charge in [-0.25, -0.2) is 0 Å². The average molecular weight is 587 g/mol. The predicted molar refractivity (Wildman–Crippen MR) is 171 cm³/mol. The molecule has 44 heavy (non-hydrogen) atoms. The van der Waals surface area contributed by atoms with E-state index in [1.165, 1.54) is 0 Å². The van der Waals surface area contributed by atoms with Gasteiger partial charge in [-0.1, -0.05) is 152 Å². The van der Waals surface area contributed by atoms with E-state index in [-0.39, 0.29) is 6.61 Å². The van der Waals surface area contributed by atoms with Crippen LogP contribution in [0.4, 0.5) is 0 Å². The summed E-state index contributed by atoms with van der Waals surface area (Å²) in [7, 11) is 1.64. The maximum absolute atomic E-state index is 7.14. The first-order valence-corrected chi connectivity index (χ1v) is 15.1. The van der Waals surface area contributed by atoms with Gasteiger partial charge in [-0.15, -0.1) is 0 Å². The molecule has 0 aromatic heterocycles. The maximum atomic E-state index is 7.14. The topological polar surface area (TPSA) is 46.2 Å². The van der Waals surface area contributed by atoms with Crippen LogP contribution in [-0.2, 0) is 42.5 Å². The van der Waals surface area contributed by atoms with Crippen LogP contribution in [-0.4, -0.2) is 38.3 Å². The molecule has 0 bridgehead atoms. The van der Waals surface area contributed by atoms with E-state index in [1.807, 2.05) is 103 Å². The molecule has 5 aromatic carbocycles. The Kier molecular flexibility index (Phi) is 9.93. The Balaban J connectivity index is 1.33. The molecule has 0 saturated carbocycles. The van der Waals surface area contributed by atoms with Crippen molar-refractivity contribution in [2.24, 2.45) is 0 Å². The number of rotatable bonds is 13. The largest absolute Gasteiger partial charge is 0.368 e. The van der Waals surface area contributed by atoms with Gasteiger partial charge in [-0.2, -0.15) is 0 Å². The van der Waals surface area contributed by atoms with Gasteiger partial charge in [0, 0.05) is 7.11 Å². The molecule has 4 atom stereocenters. The summed E-state index contributed by atoms with van der Waals surface area (Å²) in [5.74, 6) is 0. The minimum atomic E-state index is -0.886. The molecule has 1 aliphatic rings. The first kappa shape index (κ1) is 29.9. The van der Waals surface area contributed by atoms with Crippen molar-refractivity contribution >= 4 is 0 Å². The van der Waals surface area contributed by atoms with Crippen LogP contribution in [0.25, 0.3) is 0 Å². The molecule has 1 unspecified atom stereocenters. The van der Waals surface area contributed by atoms with Gasteiger partial charge in [0.15, 0.2) is 6.29 Å². The molecule has 5 nitrogen and oxygen atoms in total. The monoisotopic (exact) mass is 586 g/mol. The van der Waals surface area contributed by atoms with Gasteiger partial charge < -0.3 is 23.7 Å². The van der Waals surface area contributed by atoms with Gasteiger partial charge in [0.1, 0.15) is 23.9 Å². The predicted octanol–water partition coefficient (Wildman–Crippen LogP) is 7.54. The molecule has 1 heterocycles. The van der Waals surface area contributed by atoms with Crippen molar-refractivity contribution in [3.8, 4) is 0 Å². The third-order valence-corrected chi connectivity index (χ3v) is 8.08. The van der Waals surface area contributed by atoms with Crippen LogP contribution in [0.2, 0.25) is 0 Å². The lowest BCUT2D eigenvalue weighted by Gasteiger charge is -2.37. The standard InChI is InChI=1S/C39H38O5/c1-40-38-37(42-28-31-19-9-3-10-20-31)36(41-27-30-17-7-2-8-18-30)35(44-38)29-43-39(32-21-11-4-12-22-32,33-23-13-5-14-24-33)34-25-15-6-16-26-34/h2-26,35-38H,27-29H2,1H3/t35-,36+,37-,38?/m0/s1. The highest BCUT2D eigenvalue weighted by Gasteiger charge is 2.48. The molecule has 1 aliphatic heterocycles. The van der Waals surface area contributed by atoms with Crippen molar-refractivity contribution in [1.29, 1.82) is 0 Å². The zero-order valence-electron chi connectivity index (χ0n) is 24.9. The van der Waals surface area contributed by atoms with Crippen LogP contribution in [0.15, 0.2) is 152 Å². The van der Waals surface area contributed by atoms with Crippen molar-refractivity contribution in [3.63, 3.8) is 0 Å². The lowest BCUT2D eigenvalue weighted by molar-refractivity contribution is -0.173. The minimum absolute atomic E-state index is 0.239. The third-order valence-electron chi connectivity index (χ3n) is 8.08. The Hall–Kier alpha value is -4.10. The summed E-state index contributed by atoms with van der Waals surface area (Å²) in [4.78, 5) is 0. The van der Waals surface area contributed by atoms with Crippen molar-refractivity contribution in [2.75, 3.05) is 13.7 Å². The summed E-state index contributed by atoms with van der Waals surface area (Å²) < 4.78 is 32.6. The van der Waals surface area contributed by atoms with Crippen molar-refractivity contribution in [3.05, 3.63) is 179 Å². The lowest BCUT2D eigenvalue weighted by Crippen LogP contribution is -2.42. The summed E-state index contributed by atoms with van der Waals surface area (Å²) in [5.41, 5.74) is 4.33. The molecule has 0 aliphatic carbocycles.